The van der Waals surface area contributed by atoms with Crippen LogP contribution in [0.2, 0.25) is 10.0 Å². The lowest BCUT2D eigenvalue weighted by Gasteiger charge is -2.17. The molecule has 0 aromatic heterocycles. The van der Waals surface area contributed by atoms with Gasteiger partial charge in [-0.05, 0) is 37.1 Å². The first-order valence-electron chi connectivity index (χ1n) is 5.78. The molecule has 0 bridgehead atoms. The molecule has 1 atom stereocenters. The van der Waals surface area contributed by atoms with Crippen LogP contribution in [0.4, 0.5) is 0 Å². The predicted molar refractivity (Wildman–Crippen MR) is 75.7 cm³/mol. The van der Waals surface area contributed by atoms with Crippen LogP contribution < -0.4 is 5.32 Å². The summed E-state index contributed by atoms with van der Waals surface area (Å²) in [5.41, 5.74) is 0.972. The van der Waals surface area contributed by atoms with Crippen LogP contribution in [0, 0.1) is 12.3 Å². The van der Waals surface area contributed by atoms with Gasteiger partial charge in [0.25, 0.3) is 0 Å². The number of nitrogens with one attached hydrogen (secondary N) is 1. The summed E-state index contributed by atoms with van der Waals surface area (Å²) >= 11 is 12.3. The van der Waals surface area contributed by atoms with E-state index in [9.17, 15) is 0 Å². The van der Waals surface area contributed by atoms with E-state index in [0.717, 1.165) is 24.9 Å². The third-order valence-corrected chi connectivity index (χ3v) is 3.27. The Bertz CT molecular complexity index is 375. The van der Waals surface area contributed by atoms with Crippen molar-refractivity contribution in [2.24, 2.45) is 0 Å². The molecule has 92 valence electrons. The van der Waals surface area contributed by atoms with Crippen molar-refractivity contribution in [1.29, 1.82) is 0 Å². The van der Waals surface area contributed by atoms with E-state index in [2.05, 4.69) is 18.2 Å². The minimum atomic E-state index is 0.234. The van der Waals surface area contributed by atoms with Crippen LogP contribution in [-0.4, -0.2) is 12.6 Å². The van der Waals surface area contributed by atoms with Crippen LogP contribution in [0.1, 0.15) is 25.3 Å². The summed E-state index contributed by atoms with van der Waals surface area (Å²) < 4.78 is 0. The third kappa shape index (κ3) is 4.60. The van der Waals surface area contributed by atoms with Gasteiger partial charge in [0.2, 0.25) is 0 Å². The molecule has 1 rings (SSSR count). The first-order chi connectivity index (χ1) is 8.19. The Morgan fingerprint density at radius 1 is 1.35 bits per heavy atom. The molecule has 0 spiro atoms. The largest absolute Gasteiger partial charge is 0.313 e. The molecule has 0 radical (unpaired) electrons. The lowest BCUT2D eigenvalue weighted by Crippen LogP contribution is -2.31. The number of hydrogen-bond acceptors (Lipinski definition) is 1. The second-order valence-corrected chi connectivity index (χ2v) is 4.78. The number of benzene rings is 1. The van der Waals surface area contributed by atoms with Gasteiger partial charge in [-0.1, -0.05) is 36.2 Å². The Morgan fingerprint density at radius 3 is 2.53 bits per heavy atom. The highest BCUT2D eigenvalue weighted by atomic mass is 35.5. The molecule has 0 amide bonds. The van der Waals surface area contributed by atoms with E-state index in [0.29, 0.717) is 16.5 Å². The minimum absolute atomic E-state index is 0.234. The summed E-state index contributed by atoms with van der Waals surface area (Å²) in [4.78, 5) is 0. The van der Waals surface area contributed by atoms with Crippen molar-refractivity contribution in [3.8, 4) is 12.3 Å². The molecule has 0 saturated carbocycles. The molecular formula is C14H17Cl2N. The predicted octanol–water partition coefficient (Wildman–Crippen LogP) is 3.93. The molecule has 0 fully saturated rings. The van der Waals surface area contributed by atoms with Crippen LogP contribution in [0.3, 0.4) is 0 Å². The van der Waals surface area contributed by atoms with Crippen molar-refractivity contribution < 1.29 is 0 Å². The highest BCUT2D eigenvalue weighted by Crippen LogP contribution is 2.25. The maximum atomic E-state index is 6.14. The topological polar surface area (TPSA) is 12.0 Å². The van der Waals surface area contributed by atoms with E-state index in [1.54, 1.807) is 0 Å². The van der Waals surface area contributed by atoms with Crippen molar-refractivity contribution in [2.45, 2.75) is 32.2 Å². The second kappa shape index (κ2) is 7.61. The van der Waals surface area contributed by atoms with E-state index < -0.39 is 0 Å². The molecule has 1 nitrogen and oxygen atoms in total. The van der Waals surface area contributed by atoms with Crippen LogP contribution in [0.5, 0.6) is 0 Å². The van der Waals surface area contributed by atoms with Crippen molar-refractivity contribution in [3.63, 3.8) is 0 Å². The maximum Gasteiger partial charge on any atom is 0.0453 e. The monoisotopic (exact) mass is 269 g/mol. The maximum absolute atomic E-state index is 6.14. The standard InChI is InChI=1S/C14H17Cl2N/c1-3-6-11(17-9-4-2)10-12-13(15)7-5-8-14(12)16/h1,5,7-8,11,17H,4,6,9-10H2,2H3. The molecule has 0 aliphatic heterocycles. The summed E-state index contributed by atoms with van der Waals surface area (Å²) in [5, 5.41) is 4.83. The summed E-state index contributed by atoms with van der Waals surface area (Å²) in [5.74, 6) is 2.69. The van der Waals surface area contributed by atoms with E-state index in [-0.39, 0.29) is 6.04 Å². The number of terminal acetylenes is 1. The van der Waals surface area contributed by atoms with Gasteiger partial charge in [-0.3, -0.25) is 0 Å². The molecule has 3 heteroatoms. The second-order valence-electron chi connectivity index (χ2n) is 3.96. The zero-order chi connectivity index (χ0) is 12.7. The third-order valence-electron chi connectivity index (χ3n) is 2.56. The molecular weight excluding hydrogens is 253 g/mol. The fraction of sp³-hybridized carbons (Fsp3) is 0.429. The average Bonchev–Trinajstić information content (AvgIpc) is 2.31. The molecule has 1 unspecified atom stereocenters. The Morgan fingerprint density at radius 2 is 2.00 bits per heavy atom. The number of halogens is 2. The zero-order valence-corrected chi connectivity index (χ0v) is 11.5. The van der Waals surface area contributed by atoms with Crippen LogP contribution in [0.15, 0.2) is 18.2 Å². The molecule has 1 aromatic carbocycles. The summed E-state index contributed by atoms with van der Waals surface area (Å²) in [6, 6.07) is 5.80. The SMILES string of the molecule is C#CCC(Cc1c(Cl)cccc1Cl)NCCC. The molecule has 0 saturated heterocycles. The van der Waals surface area contributed by atoms with Gasteiger partial charge in [-0.25, -0.2) is 0 Å². The molecule has 0 aliphatic carbocycles. The van der Waals surface area contributed by atoms with Crippen molar-refractivity contribution in [3.05, 3.63) is 33.8 Å². The zero-order valence-electron chi connectivity index (χ0n) is 9.97. The minimum Gasteiger partial charge on any atom is -0.313 e. The summed E-state index contributed by atoms with van der Waals surface area (Å²) in [6.07, 6.45) is 7.90. The van der Waals surface area contributed by atoms with Gasteiger partial charge < -0.3 is 5.32 Å². The fourth-order valence-electron chi connectivity index (χ4n) is 1.68. The first-order valence-corrected chi connectivity index (χ1v) is 6.54. The molecule has 17 heavy (non-hydrogen) atoms. The highest BCUT2D eigenvalue weighted by molar-refractivity contribution is 6.35. The average molecular weight is 270 g/mol. The van der Waals surface area contributed by atoms with Crippen molar-refractivity contribution in [1.82, 2.24) is 5.32 Å². The van der Waals surface area contributed by atoms with Gasteiger partial charge in [0.1, 0.15) is 0 Å². The Hall–Kier alpha value is -0.680. The van der Waals surface area contributed by atoms with Gasteiger partial charge >= 0.3 is 0 Å². The van der Waals surface area contributed by atoms with Gasteiger partial charge in [-0.2, -0.15) is 0 Å². The van der Waals surface area contributed by atoms with E-state index >= 15 is 0 Å². The van der Waals surface area contributed by atoms with E-state index in [1.165, 1.54) is 0 Å². The lowest BCUT2D eigenvalue weighted by molar-refractivity contribution is 0.517. The lowest BCUT2D eigenvalue weighted by atomic mass is 10.0. The summed E-state index contributed by atoms with van der Waals surface area (Å²) in [6.45, 7) is 3.08. The van der Waals surface area contributed by atoms with Crippen molar-refractivity contribution in [2.75, 3.05) is 6.54 Å². The first kappa shape index (κ1) is 14.4. The Labute approximate surface area is 114 Å². The smallest absolute Gasteiger partial charge is 0.0453 e. The number of rotatable bonds is 6. The molecule has 1 N–H and O–H groups in total. The quantitative estimate of drug-likeness (QED) is 0.772. The van der Waals surface area contributed by atoms with Gasteiger partial charge in [0.05, 0.1) is 0 Å². The molecule has 0 aliphatic rings. The van der Waals surface area contributed by atoms with Crippen LogP contribution in [-0.2, 0) is 6.42 Å². The van der Waals surface area contributed by atoms with Crippen molar-refractivity contribution >= 4 is 23.2 Å². The normalized spacial score (nSPS) is 12.1. The molecule has 1 aromatic rings. The Balaban J connectivity index is 2.75. The van der Waals surface area contributed by atoms with E-state index in [1.807, 2.05) is 18.2 Å². The van der Waals surface area contributed by atoms with Gasteiger partial charge in [0, 0.05) is 22.5 Å². The highest BCUT2D eigenvalue weighted by Gasteiger charge is 2.12. The summed E-state index contributed by atoms with van der Waals surface area (Å²) in [7, 11) is 0. The van der Waals surface area contributed by atoms with Gasteiger partial charge in [0.15, 0.2) is 0 Å². The van der Waals surface area contributed by atoms with Crippen LogP contribution in [0.25, 0.3) is 0 Å². The Kier molecular flexibility index (Phi) is 6.44. The van der Waals surface area contributed by atoms with Crippen LogP contribution >= 0.6 is 23.2 Å². The van der Waals surface area contributed by atoms with E-state index in [4.69, 9.17) is 29.6 Å². The van der Waals surface area contributed by atoms with Gasteiger partial charge in [-0.15, -0.1) is 12.3 Å². The molecule has 0 heterocycles. The number of hydrogen-bond donors (Lipinski definition) is 1. The fourth-order valence-corrected chi connectivity index (χ4v) is 2.23.